The molecular formula is C24H24N2O2. The van der Waals surface area contributed by atoms with Crippen LogP contribution in [0.3, 0.4) is 0 Å². The van der Waals surface area contributed by atoms with Crippen molar-refractivity contribution in [1.29, 1.82) is 0 Å². The number of carbonyl (C=O) groups excluding carboxylic acids is 2. The fourth-order valence-corrected chi connectivity index (χ4v) is 3.13. The highest BCUT2D eigenvalue weighted by atomic mass is 16.2. The third-order valence-corrected chi connectivity index (χ3v) is 4.46. The summed E-state index contributed by atoms with van der Waals surface area (Å²) in [6, 6.07) is 26.6. The zero-order valence-electron chi connectivity index (χ0n) is 15.9. The molecule has 0 radical (unpaired) electrons. The number of rotatable bonds is 7. The number of nitrogens with one attached hydrogen (secondary N) is 2. The summed E-state index contributed by atoms with van der Waals surface area (Å²) in [5.41, 5.74) is 3.03. The summed E-state index contributed by atoms with van der Waals surface area (Å²) < 4.78 is 0. The second-order valence-corrected chi connectivity index (χ2v) is 6.59. The minimum absolute atomic E-state index is 0.0631. The lowest BCUT2D eigenvalue weighted by Gasteiger charge is -2.19. The summed E-state index contributed by atoms with van der Waals surface area (Å²) in [5, 5.41) is 5.88. The van der Waals surface area contributed by atoms with Crippen molar-refractivity contribution < 1.29 is 9.59 Å². The van der Waals surface area contributed by atoms with Crippen LogP contribution in [-0.2, 0) is 9.59 Å². The van der Waals surface area contributed by atoms with E-state index in [4.69, 9.17) is 0 Å². The second-order valence-electron chi connectivity index (χ2n) is 6.59. The molecule has 0 aliphatic rings. The lowest BCUT2D eigenvalue weighted by atomic mass is 9.90. The largest absolute Gasteiger partial charge is 0.324 e. The maximum Gasteiger partial charge on any atom is 0.236 e. The lowest BCUT2D eigenvalue weighted by molar-refractivity contribution is -0.117. The summed E-state index contributed by atoms with van der Waals surface area (Å²) in [7, 11) is 0. The van der Waals surface area contributed by atoms with E-state index in [-0.39, 0.29) is 11.8 Å². The number of carbonyl (C=O) groups is 2. The molecule has 0 saturated carbocycles. The lowest BCUT2D eigenvalue weighted by Crippen LogP contribution is -2.23. The van der Waals surface area contributed by atoms with E-state index in [1.54, 1.807) is 12.1 Å². The number of hydrogen-bond acceptors (Lipinski definition) is 2. The number of amides is 2. The molecule has 0 aliphatic heterocycles. The Kier molecular flexibility index (Phi) is 6.58. The van der Waals surface area contributed by atoms with Gasteiger partial charge in [-0.25, -0.2) is 0 Å². The fraction of sp³-hybridized carbons (Fsp3) is 0.167. The van der Waals surface area contributed by atoms with E-state index in [0.29, 0.717) is 17.8 Å². The van der Waals surface area contributed by atoms with Crippen LogP contribution in [0, 0.1) is 0 Å². The van der Waals surface area contributed by atoms with Crippen molar-refractivity contribution in [3.8, 4) is 0 Å². The highest BCUT2D eigenvalue weighted by Gasteiger charge is 2.23. The first-order valence-corrected chi connectivity index (χ1v) is 9.48. The van der Waals surface area contributed by atoms with Crippen LogP contribution in [0.15, 0.2) is 84.9 Å². The Hall–Kier alpha value is -3.40. The fourth-order valence-electron chi connectivity index (χ4n) is 3.13. The summed E-state index contributed by atoms with van der Waals surface area (Å²) >= 11 is 0. The molecule has 2 N–H and O–H groups in total. The van der Waals surface area contributed by atoms with Crippen molar-refractivity contribution in [1.82, 2.24) is 0 Å². The SMILES string of the molecule is CCCC(=O)Nc1ccccc1NC(=O)C(c1ccccc1)c1ccccc1. The minimum atomic E-state index is -0.443. The quantitative estimate of drug-likeness (QED) is 0.599. The first-order chi connectivity index (χ1) is 13.7. The zero-order chi connectivity index (χ0) is 19.8. The van der Waals surface area contributed by atoms with Crippen LogP contribution in [0.25, 0.3) is 0 Å². The van der Waals surface area contributed by atoms with Gasteiger partial charge in [0, 0.05) is 6.42 Å². The maximum absolute atomic E-state index is 13.3. The molecule has 4 nitrogen and oxygen atoms in total. The molecule has 0 saturated heterocycles. The van der Waals surface area contributed by atoms with E-state index >= 15 is 0 Å². The van der Waals surface area contributed by atoms with E-state index in [9.17, 15) is 9.59 Å². The Bertz CT molecular complexity index is 884. The first kappa shape index (κ1) is 19.4. The van der Waals surface area contributed by atoms with Gasteiger partial charge < -0.3 is 10.6 Å². The molecule has 0 atom stereocenters. The van der Waals surface area contributed by atoms with Crippen molar-refractivity contribution in [3.05, 3.63) is 96.1 Å². The molecule has 3 aromatic carbocycles. The highest BCUT2D eigenvalue weighted by molar-refractivity contribution is 6.03. The summed E-state index contributed by atoms with van der Waals surface area (Å²) in [6.07, 6.45) is 1.21. The van der Waals surface area contributed by atoms with E-state index in [1.807, 2.05) is 79.7 Å². The maximum atomic E-state index is 13.3. The molecule has 3 rings (SSSR count). The smallest absolute Gasteiger partial charge is 0.236 e. The Balaban J connectivity index is 1.88. The summed E-state index contributed by atoms with van der Waals surface area (Å²) in [5.74, 6) is -0.650. The number of anilines is 2. The zero-order valence-corrected chi connectivity index (χ0v) is 15.9. The van der Waals surface area contributed by atoms with Gasteiger partial charge in [0.2, 0.25) is 11.8 Å². The normalized spacial score (nSPS) is 10.5. The van der Waals surface area contributed by atoms with Crippen LogP contribution in [0.2, 0.25) is 0 Å². The Morgan fingerprint density at radius 3 is 1.68 bits per heavy atom. The van der Waals surface area contributed by atoms with Gasteiger partial charge in [-0.3, -0.25) is 9.59 Å². The van der Waals surface area contributed by atoms with Gasteiger partial charge in [0.25, 0.3) is 0 Å². The molecular weight excluding hydrogens is 348 g/mol. The van der Waals surface area contributed by atoms with Crippen LogP contribution in [0.5, 0.6) is 0 Å². The molecule has 0 aliphatic carbocycles. The molecule has 4 heteroatoms. The van der Waals surface area contributed by atoms with Crippen LogP contribution < -0.4 is 10.6 Å². The predicted molar refractivity (Wildman–Crippen MR) is 113 cm³/mol. The monoisotopic (exact) mass is 372 g/mol. The van der Waals surface area contributed by atoms with Gasteiger partial charge in [-0.2, -0.15) is 0 Å². The van der Waals surface area contributed by atoms with E-state index in [1.165, 1.54) is 0 Å². The van der Waals surface area contributed by atoms with E-state index in [0.717, 1.165) is 17.5 Å². The van der Waals surface area contributed by atoms with Gasteiger partial charge in [0.1, 0.15) is 0 Å². The molecule has 2 amide bonds. The topological polar surface area (TPSA) is 58.2 Å². The third-order valence-electron chi connectivity index (χ3n) is 4.46. The molecule has 0 aromatic heterocycles. The Morgan fingerprint density at radius 1 is 0.714 bits per heavy atom. The van der Waals surface area contributed by atoms with Crippen LogP contribution in [0.1, 0.15) is 36.8 Å². The van der Waals surface area contributed by atoms with Gasteiger partial charge >= 0.3 is 0 Å². The molecule has 28 heavy (non-hydrogen) atoms. The first-order valence-electron chi connectivity index (χ1n) is 9.48. The second kappa shape index (κ2) is 9.51. The van der Waals surface area contributed by atoms with Gasteiger partial charge in [-0.1, -0.05) is 79.7 Å². The highest BCUT2D eigenvalue weighted by Crippen LogP contribution is 2.28. The van der Waals surface area contributed by atoms with Gasteiger partial charge in [0.05, 0.1) is 17.3 Å². The van der Waals surface area contributed by atoms with Gasteiger partial charge in [-0.15, -0.1) is 0 Å². The van der Waals surface area contributed by atoms with Crippen LogP contribution >= 0.6 is 0 Å². The molecule has 0 spiro atoms. The Labute approximate surface area is 165 Å². The van der Waals surface area contributed by atoms with E-state index < -0.39 is 5.92 Å². The summed E-state index contributed by atoms with van der Waals surface area (Å²) in [4.78, 5) is 25.3. The molecule has 0 unspecified atom stereocenters. The number of hydrogen-bond donors (Lipinski definition) is 2. The molecule has 0 bridgehead atoms. The molecule has 142 valence electrons. The third kappa shape index (κ3) is 4.86. The van der Waals surface area contributed by atoms with Gasteiger partial charge in [-0.05, 0) is 29.7 Å². The average Bonchev–Trinajstić information content (AvgIpc) is 2.71. The minimum Gasteiger partial charge on any atom is -0.324 e. The summed E-state index contributed by atoms with van der Waals surface area (Å²) in [6.45, 7) is 1.96. The van der Waals surface area contributed by atoms with Crippen LogP contribution in [-0.4, -0.2) is 11.8 Å². The van der Waals surface area contributed by atoms with E-state index in [2.05, 4.69) is 10.6 Å². The van der Waals surface area contributed by atoms with Crippen molar-refractivity contribution in [3.63, 3.8) is 0 Å². The van der Waals surface area contributed by atoms with Crippen molar-refractivity contribution in [2.45, 2.75) is 25.7 Å². The van der Waals surface area contributed by atoms with Crippen LogP contribution in [0.4, 0.5) is 11.4 Å². The average molecular weight is 372 g/mol. The van der Waals surface area contributed by atoms with Crippen molar-refractivity contribution >= 4 is 23.2 Å². The Morgan fingerprint density at radius 2 is 1.18 bits per heavy atom. The number of para-hydroxylation sites is 2. The standard InChI is InChI=1S/C24H24N2O2/c1-2-11-22(27)25-20-16-9-10-17-21(20)26-24(28)23(18-12-5-3-6-13-18)19-14-7-4-8-15-19/h3-10,12-17,23H,2,11H2,1H3,(H,25,27)(H,26,28). The molecule has 3 aromatic rings. The van der Waals surface area contributed by atoms with Crippen molar-refractivity contribution in [2.24, 2.45) is 0 Å². The molecule has 0 heterocycles. The number of benzene rings is 3. The van der Waals surface area contributed by atoms with Crippen molar-refractivity contribution in [2.75, 3.05) is 10.6 Å². The van der Waals surface area contributed by atoms with Gasteiger partial charge in [0.15, 0.2) is 0 Å². The predicted octanol–water partition coefficient (Wildman–Crippen LogP) is 5.20. The molecule has 0 fully saturated rings.